The van der Waals surface area contributed by atoms with E-state index in [0.717, 1.165) is 19.3 Å². The summed E-state index contributed by atoms with van der Waals surface area (Å²) in [5, 5.41) is 2.78. The van der Waals surface area contributed by atoms with E-state index in [9.17, 15) is 21.6 Å². The molecule has 0 unspecified atom stereocenters. The Hall–Kier alpha value is -2.18. The summed E-state index contributed by atoms with van der Waals surface area (Å²) >= 11 is 6.00. The van der Waals surface area contributed by atoms with Crippen molar-refractivity contribution in [2.75, 3.05) is 20.2 Å². The van der Waals surface area contributed by atoms with Crippen LogP contribution in [0.3, 0.4) is 0 Å². The molecule has 186 valence electrons. The summed E-state index contributed by atoms with van der Waals surface area (Å²) < 4.78 is 59.5. The number of amides is 1. The predicted molar refractivity (Wildman–Crippen MR) is 129 cm³/mol. The minimum Gasteiger partial charge on any atom is -0.495 e. The molecule has 34 heavy (non-hydrogen) atoms. The number of carbonyl (C=O) groups is 1. The van der Waals surface area contributed by atoms with Crippen molar-refractivity contribution in [1.29, 1.82) is 0 Å². The molecular weight excluding hydrogens is 502 g/mol. The highest BCUT2D eigenvalue weighted by Gasteiger charge is 2.26. The molecule has 1 heterocycles. The van der Waals surface area contributed by atoms with E-state index in [0.29, 0.717) is 24.4 Å². The van der Waals surface area contributed by atoms with Gasteiger partial charge in [0.15, 0.2) is 0 Å². The minimum absolute atomic E-state index is 0.0940. The van der Waals surface area contributed by atoms with Gasteiger partial charge in [-0.3, -0.25) is 4.79 Å². The lowest BCUT2D eigenvalue weighted by Gasteiger charge is -2.25. The molecule has 3 rings (SSSR count). The van der Waals surface area contributed by atoms with Crippen LogP contribution in [0.2, 0.25) is 5.02 Å². The summed E-state index contributed by atoms with van der Waals surface area (Å²) in [4.78, 5) is 12.6. The van der Waals surface area contributed by atoms with Gasteiger partial charge in [-0.2, -0.15) is 9.03 Å². The number of hydrogen-bond acceptors (Lipinski definition) is 6. The summed E-state index contributed by atoms with van der Waals surface area (Å²) in [5.41, 5.74) is 0.683. The van der Waals surface area contributed by atoms with Gasteiger partial charge in [0.2, 0.25) is 26.0 Å². The number of piperidine rings is 1. The fourth-order valence-electron chi connectivity index (χ4n) is 3.54. The van der Waals surface area contributed by atoms with Crippen LogP contribution in [0.5, 0.6) is 5.75 Å². The van der Waals surface area contributed by atoms with Crippen LogP contribution in [0.4, 0.5) is 0 Å². The number of nitrogens with one attached hydrogen (secondary N) is 2. The van der Waals surface area contributed by atoms with Gasteiger partial charge in [-0.15, -0.1) is 0 Å². The van der Waals surface area contributed by atoms with Crippen LogP contribution in [0, 0.1) is 0 Å². The van der Waals surface area contributed by atoms with Gasteiger partial charge in [-0.1, -0.05) is 30.2 Å². The van der Waals surface area contributed by atoms with Crippen molar-refractivity contribution in [3.63, 3.8) is 0 Å². The van der Waals surface area contributed by atoms with E-state index in [-0.39, 0.29) is 21.4 Å². The average Bonchev–Trinajstić information content (AvgIpc) is 2.83. The highest BCUT2D eigenvalue weighted by atomic mass is 35.5. The monoisotopic (exact) mass is 529 g/mol. The average molecular weight is 530 g/mol. The predicted octanol–water partition coefficient (Wildman–Crippen LogP) is 2.51. The quantitative estimate of drug-likeness (QED) is 0.514. The van der Waals surface area contributed by atoms with E-state index in [1.807, 2.05) is 0 Å². The maximum absolute atomic E-state index is 12.7. The third kappa shape index (κ3) is 6.28. The molecule has 12 heteroatoms. The maximum atomic E-state index is 12.7. The number of hydrogen-bond donors (Lipinski definition) is 2. The number of methoxy groups -OCH3 is 1. The third-order valence-corrected chi connectivity index (χ3v) is 9.25. The largest absolute Gasteiger partial charge is 0.495 e. The van der Waals surface area contributed by atoms with Crippen LogP contribution in [0.25, 0.3) is 0 Å². The number of ether oxygens (including phenoxy) is 1. The van der Waals surface area contributed by atoms with Gasteiger partial charge in [0.05, 0.1) is 28.0 Å². The molecule has 1 atom stereocenters. The van der Waals surface area contributed by atoms with E-state index in [1.54, 1.807) is 12.1 Å². The van der Waals surface area contributed by atoms with Gasteiger partial charge in [0.25, 0.3) is 0 Å². The number of halogens is 1. The zero-order valence-corrected chi connectivity index (χ0v) is 21.3. The Kier molecular flexibility index (Phi) is 8.58. The lowest BCUT2D eigenvalue weighted by molar-refractivity contribution is -0.122. The van der Waals surface area contributed by atoms with Gasteiger partial charge in [-0.25, -0.2) is 16.8 Å². The standard InChI is InChI=1S/C22H28ClN3O6S2/c1-16(25-33(28,29)19-10-11-21(32-2)20(23)14-19)22(27)24-15-17-6-8-18(9-7-17)34(30,31)26-12-4-3-5-13-26/h6-11,14,16,25H,3-5,12-13,15H2,1-2H3,(H,24,27)/t16-/m1/s1. The number of rotatable bonds is 9. The first-order valence-corrected chi connectivity index (χ1v) is 14.1. The highest BCUT2D eigenvalue weighted by Crippen LogP contribution is 2.27. The summed E-state index contributed by atoms with van der Waals surface area (Å²) in [7, 11) is -6.10. The van der Waals surface area contributed by atoms with Crippen molar-refractivity contribution in [3.8, 4) is 5.75 Å². The number of sulfonamides is 2. The van der Waals surface area contributed by atoms with Gasteiger partial charge in [-0.05, 0) is 55.7 Å². The first-order valence-electron chi connectivity index (χ1n) is 10.8. The molecule has 0 spiro atoms. The second-order valence-corrected chi connectivity index (χ2v) is 12.0. The molecule has 0 aromatic heterocycles. The molecule has 1 amide bonds. The minimum atomic E-state index is -3.99. The van der Waals surface area contributed by atoms with Crippen LogP contribution in [0.1, 0.15) is 31.7 Å². The topological polar surface area (TPSA) is 122 Å². The first-order chi connectivity index (χ1) is 16.0. The second kappa shape index (κ2) is 11.0. The molecule has 9 nitrogen and oxygen atoms in total. The van der Waals surface area contributed by atoms with Crippen LogP contribution in [0.15, 0.2) is 52.3 Å². The van der Waals surface area contributed by atoms with Gasteiger partial charge in [0.1, 0.15) is 5.75 Å². The molecular formula is C22H28ClN3O6S2. The number of carbonyl (C=O) groups excluding carboxylic acids is 1. The Bertz CT molecular complexity index is 1230. The van der Waals surface area contributed by atoms with Crippen molar-refractivity contribution in [2.45, 2.75) is 48.6 Å². The molecule has 0 aliphatic carbocycles. The Balaban J connectivity index is 1.58. The Morgan fingerprint density at radius 2 is 1.65 bits per heavy atom. The normalized spacial score (nSPS) is 16.1. The van der Waals surface area contributed by atoms with E-state index >= 15 is 0 Å². The Morgan fingerprint density at radius 1 is 1.03 bits per heavy atom. The molecule has 0 radical (unpaired) electrons. The van der Waals surface area contributed by atoms with E-state index < -0.39 is 32.0 Å². The maximum Gasteiger partial charge on any atom is 0.243 e. The summed E-state index contributed by atoms with van der Waals surface area (Å²) in [6.07, 6.45) is 2.75. The SMILES string of the molecule is COc1ccc(S(=O)(=O)N[C@H](C)C(=O)NCc2ccc(S(=O)(=O)N3CCCCC3)cc2)cc1Cl. The molecule has 1 saturated heterocycles. The van der Waals surface area contributed by atoms with E-state index in [1.165, 1.54) is 48.7 Å². The van der Waals surface area contributed by atoms with Crippen molar-refractivity contribution < 1.29 is 26.4 Å². The van der Waals surface area contributed by atoms with Crippen LogP contribution >= 0.6 is 11.6 Å². The van der Waals surface area contributed by atoms with Gasteiger partial charge in [0, 0.05) is 19.6 Å². The Labute approximate surface area is 205 Å². The van der Waals surface area contributed by atoms with Crippen LogP contribution in [-0.4, -0.2) is 53.3 Å². The van der Waals surface area contributed by atoms with Gasteiger partial charge >= 0.3 is 0 Å². The van der Waals surface area contributed by atoms with E-state index in [4.69, 9.17) is 16.3 Å². The highest BCUT2D eigenvalue weighted by molar-refractivity contribution is 7.89. The van der Waals surface area contributed by atoms with Crippen molar-refractivity contribution in [2.24, 2.45) is 0 Å². The molecule has 1 aliphatic heterocycles. The Morgan fingerprint density at radius 3 is 2.24 bits per heavy atom. The lowest BCUT2D eigenvalue weighted by Crippen LogP contribution is -2.44. The second-order valence-electron chi connectivity index (χ2n) is 7.97. The molecule has 1 fully saturated rings. The number of nitrogens with zero attached hydrogens (tertiary/aromatic N) is 1. The first kappa shape index (κ1) is 26.4. The zero-order valence-electron chi connectivity index (χ0n) is 19.0. The molecule has 2 N–H and O–H groups in total. The fraction of sp³-hybridized carbons (Fsp3) is 0.409. The molecule has 0 saturated carbocycles. The van der Waals surface area contributed by atoms with Crippen molar-refractivity contribution >= 4 is 37.6 Å². The molecule has 0 bridgehead atoms. The molecule has 1 aliphatic rings. The lowest BCUT2D eigenvalue weighted by atomic mass is 10.2. The summed E-state index contributed by atoms with van der Waals surface area (Å²) in [5.74, 6) is -0.200. The summed E-state index contributed by atoms with van der Waals surface area (Å²) in [6, 6.07) is 9.25. The molecule has 2 aromatic carbocycles. The number of benzene rings is 2. The zero-order chi connectivity index (χ0) is 24.9. The smallest absolute Gasteiger partial charge is 0.243 e. The fourth-order valence-corrected chi connectivity index (χ4v) is 6.61. The van der Waals surface area contributed by atoms with Gasteiger partial charge < -0.3 is 10.1 Å². The summed E-state index contributed by atoms with van der Waals surface area (Å²) in [6.45, 7) is 2.59. The van der Waals surface area contributed by atoms with Crippen molar-refractivity contribution in [1.82, 2.24) is 14.3 Å². The van der Waals surface area contributed by atoms with Crippen molar-refractivity contribution in [3.05, 3.63) is 53.1 Å². The van der Waals surface area contributed by atoms with Crippen LogP contribution in [-0.2, 0) is 31.4 Å². The molecule has 2 aromatic rings. The van der Waals surface area contributed by atoms with Crippen LogP contribution < -0.4 is 14.8 Å². The van der Waals surface area contributed by atoms with E-state index in [2.05, 4.69) is 10.0 Å². The third-order valence-electron chi connectivity index (χ3n) is 5.50.